The average molecular weight is 581 g/mol. The van der Waals surface area contributed by atoms with Crippen LogP contribution in [0.25, 0.3) is 0 Å². The molecular formula is C28H42BrN3O5. The maximum atomic E-state index is 14.5. The highest BCUT2D eigenvalue weighted by molar-refractivity contribution is 9.09. The molecule has 3 heterocycles. The van der Waals surface area contributed by atoms with Gasteiger partial charge in [0.2, 0.25) is 17.7 Å². The third-order valence-corrected chi connectivity index (χ3v) is 9.61. The second-order valence-corrected chi connectivity index (χ2v) is 12.3. The summed E-state index contributed by atoms with van der Waals surface area (Å²) in [5, 5.41) is 10.1. The first-order valence-electron chi connectivity index (χ1n) is 13.8. The molecule has 8 nitrogen and oxygen atoms in total. The molecule has 1 aliphatic carbocycles. The maximum absolute atomic E-state index is 14.5. The summed E-state index contributed by atoms with van der Waals surface area (Å²) in [7, 11) is 0. The molecule has 1 saturated carbocycles. The summed E-state index contributed by atoms with van der Waals surface area (Å²) in [5.74, 6) is -2.00. The molecule has 4 fully saturated rings. The predicted molar refractivity (Wildman–Crippen MR) is 145 cm³/mol. The summed E-state index contributed by atoms with van der Waals surface area (Å²) in [6.45, 7) is 12.5. The van der Waals surface area contributed by atoms with Crippen molar-refractivity contribution >= 4 is 33.7 Å². The number of carbonyl (C=O) groups is 3. The number of ether oxygens (including phenoxy) is 1. The van der Waals surface area contributed by atoms with Gasteiger partial charge in [-0.2, -0.15) is 0 Å². The molecule has 3 saturated heterocycles. The Bertz CT molecular complexity index is 908. The van der Waals surface area contributed by atoms with Crippen LogP contribution in [0.4, 0.5) is 0 Å². The molecule has 0 aromatic rings. The van der Waals surface area contributed by atoms with E-state index in [9.17, 15) is 19.5 Å². The fraction of sp³-hybridized carbons (Fsp3) is 0.750. The summed E-state index contributed by atoms with van der Waals surface area (Å²) in [6, 6.07) is -1.39. The van der Waals surface area contributed by atoms with Crippen molar-refractivity contribution in [3.63, 3.8) is 0 Å². The first kappa shape index (κ1) is 28.3. The van der Waals surface area contributed by atoms with Crippen LogP contribution in [-0.2, 0) is 19.1 Å². The first-order valence-corrected chi connectivity index (χ1v) is 14.7. The van der Waals surface area contributed by atoms with Gasteiger partial charge >= 0.3 is 0 Å². The van der Waals surface area contributed by atoms with Crippen LogP contribution in [-0.4, -0.2) is 98.4 Å². The van der Waals surface area contributed by atoms with Crippen molar-refractivity contribution in [3.05, 3.63) is 25.3 Å². The highest BCUT2D eigenvalue weighted by Crippen LogP contribution is 2.61. The lowest BCUT2D eigenvalue weighted by Gasteiger charge is -2.42. The molecule has 3 unspecified atom stereocenters. The molecule has 0 radical (unpaired) electrons. The molecule has 9 heteroatoms. The summed E-state index contributed by atoms with van der Waals surface area (Å²) < 4.78 is 6.64. The smallest absolute Gasteiger partial charge is 0.248 e. The quantitative estimate of drug-likeness (QED) is 0.300. The Morgan fingerprint density at radius 1 is 1.22 bits per heavy atom. The van der Waals surface area contributed by atoms with Crippen LogP contribution in [0.1, 0.15) is 58.8 Å². The van der Waals surface area contributed by atoms with Crippen molar-refractivity contribution in [1.29, 1.82) is 0 Å². The van der Waals surface area contributed by atoms with Gasteiger partial charge in [-0.1, -0.05) is 54.3 Å². The van der Waals surface area contributed by atoms with Crippen LogP contribution >= 0.6 is 15.9 Å². The zero-order valence-corrected chi connectivity index (χ0v) is 23.8. The maximum Gasteiger partial charge on any atom is 0.248 e. The molecule has 1 spiro atoms. The van der Waals surface area contributed by atoms with Crippen LogP contribution in [0.2, 0.25) is 0 Å². The van der Waals surface area contributed by atoms with E-state index in [2.05, 4.69) is 29.1 Å². The number of rotatable bonds is 11. The lowest BCUT2D eigenvalue weighted by atomic mass is 9.70. The van der Waals surface area contributed by atoms with Crippen molar-refractivity contribution in [2.45, 2.75) is 93.5 Å². The zero-order chi connectivity index (χ0) is 26.9. The zero-order valence-electron chi connectivity index (χ0n) is 22.2. The third-order valence-electron chi connectivity index (χ3n) is 8.76. The molecule has 3 aliphatic heterocycles. The molecule has 0 aromatic carbocycles. The van der Waals surface area contributed by atoms with E-state index in [1.807, 2.05) is 11.8 Å². The number of hydrogen-bond donors (Lipinski definition) is 1. The van der Waals surface area contributed by atoms with E-state index in [4.69, 9.17) is 4.74 Å². The van der Waals surface area contributed by atoms with Crippen LogP contribution in [0, 0.1) is 11.8 Å². The van der Waals surface area contributed by atoms with Gasteiger partial charge in [0.25, 0.3) is 0 Å². The average Bonchev–Trinajstić information content (AvgIpc) is 3.49. The van der Waals surface area contributed by atoms with Gasteiger partial charge in [0.05, 0.1) is 30.6 Å². The van der Waals surface area contributed by atoms with Crippen molar-refractivity contribution < 1.29 is 24.2 Å². The molecule has 206 valence electrons. The van der Waals surface area contributed by atoms with E-state index in [0.29, 0.717) is 26.1 Å². The minimum Gasteiger partial charge on any atom is -0.394 e. The number of alkyl halides is 1. The number of aliphatic hydroxyl groups excluding tert-OH is 1. The SMILES string of the molecule is C=CCN(CCC)C(=O)[C@H]1[C@@H]2OC3(CC2Br)C(C(=O)N(CC=C)C2CCCCC2)N([C@H](C)CO)C(=O)[C@H]13. The molecule has 7 atom stereocenters. The van der Waals surface area contributed by atoms with Crippen molar-refractivity contribution in [2.75, 3.05) is 26.2 Å². The van der Waals surface area contributed by atoms with Gasteiger partial charge in [-0.3, -0.25) is 14.4 Å². The van der Waals surface area contributed by atoms with Crippen molar-refractivity contribution in [2.24, 2.45) is 11.8 Å². The summed E-state index contributed by atoms with van der Waals surface area (Å²) in [6.07, 6.45) is 9.33. The van der Waals surface area contributed by atoms with E-state index in [0.717, 1.165) is 38.5 Å². The Labute approximate surface area is 229 Å². The van der Waals surface area contributed by atoms with Crippen molar-refractivity contribution in [1.82, 2.24) is 14.7 Å². The molecule has 37 heavy (non-hydrogen) atoms. The van der Waals surface area contributed by atoms with Gasteiger partial charge < -0.3 is 24.5 Å². The van der Waals surface area contributed by atoms with Crippen LogP contribution in [0.15, 0.2) is 25.3 Å². The fourth-order valence-corrected chi connectivity index (χ4v) is 8.17. The predicted octanol–water partition coefficient (Wildman–Crippen LogP) is 2.89. The van der Waals surface area contributed by atoms with E-state index >= 15 is 0 Å². The van der Waals surface area contributed by atoms with Gasteiger partial charge in [0.15, 0.2) is 0 Å². The van der Waals surface area contributed by atoms with E-state index in [1.165, 1.54) is 4.90 Å². The van der Waals surface area contributed by atoms with Gasteiger partial charge in [-0.15, -0.1) is 13.2 Å². The van der Waals surface area contributed by atoms with Gasteiger partial charge in [0.1, 0.15) is 11.6 Å². The molecule has 2 bridgehead atoms. The van der Waals surface area contributed by atoms with Crippen LogP contribution in [0.3, 0.4) is 0 Å². The van der Waals surface area contributed by atoms with Crippen LogP contribution < -0.4 is 0 Å². The fourth-order valence-electron chi connectivity index (χ4n) is 7.23. The Morgan fingerprint density at radius 3 is 2.49 bits per heavy atom. The summed E-state index contributed by atoms with van der Waals surface area (Å²) in [4.78, 5) is 47.5. The molecule has 3 amide bonds. The monoisotopic (exact) mass is 579 g/mol. The number of nitrogens with zero attached hydrogens (tertiary/aromatic N) is 3. The molecule has 1 N–H and O–H groups in total. The van der Waals surface area contributed by atoms with E-state index in [-0.39, 0.29) is 35.2 Å². The van der Waals surface area contributed by atoms with Gasteiger partial charge in [-0.25, -0.2) is 0 Å². The molecule has 0 aromatic heterocycles. The Kier molecular flexibility index (Phi) is 8.86. The second-order valence-electron chi connectivity index (χ2n) is 11.1. The number of hydrogen-bond acceptors (Lipinski definition) is 5. The summed E-state index contributed by atoms with van der Waals surface area (Å²) >= 11 is 3.74. The lowest BCUT2D eigenvalue weighted by Crippen LogP contribution is -2.60. The van der Waals surface area contributed by atoms with Crippen molar-refractivity contribution in [3.8, 4) is 0 Å². The van der Waals surface area contributed by atoms with E-state index in [1.54, 1.807) is 24.0 Å². The highest BCUT2D eigenvalue weighted by atomic mass is 79.9. The van der Waals surface area contributed by atoms with Gasteiger partial charge in [-0.05, 0) is 32.6 Å². The number of carbonyl (C=O) groups excluding carboxylic acids is 3. The van der Waals surface area contributed by atoms with Gasteiger partial charge in [0, 0.05) is 30.5 Å². The number of amides is 3. The van der Waals surface area contributed by atoms with Crippen LogP contribution in [0.5, 0.6) is 0 Å². The Balaban J connectivity index is 1.76. The largest absolute Gasteiger partial charge is 0.394 e. The molecule has 4 aliphatic rings. The minimum atomic E-state index is -1.11. The number of halogens is 1. The standard InChI is InChI=1S/C28H42BrN3O5/c1-5-13-30(14-6-2)25(34)21-22-26(35)32(18(4)17-33)24(28(22)16-20(29)23(21)37-28)27(36)31(15-7-3)19-11-9-8-10-12-19/h5,7,18-24,33H,1,3,6,8-17H2,2,4H3/t18-,20?,21-,22+,23-,24?,28?/m1/s1. The Hall–Kier alpha value is -1.71. The minimum absolute atomic E-state index is 0.0829. The Morgan fingerprint density at radius 2 is 1.89 bits per heavy atom. The number of likely N-dealkylation sites (tertiary alicyclic amines) is 1. The normalized spacial score (nSPS) is 33.8. The second kappa shape index (κ2) is 11.6. The number of fused-ring (bicyclic) bond motifs is 1. The number of aliphatic hydroxyl groups is 1. The lowest BCUT2D eigenvalue weighted by molar-refractivity contribution is -0.153. The molecule has 4 rings (SSSR count). The highest BCUT2D eigenvalue weighted by Gasteiger charge is 2.77. The third kappa shape index (κ3) is 4.69. The first-order chi connectivity index (χ1) is 17.8. The van der Waals surface area contributed by atoms with E-state index < -0.39 is 35.6 Å². The summed E-state index contributed by atoms with van der Waals surface area (Å²) in [5.41, 5.74) is -1.11. The topological polar surface area (TPSA) is 90.4 Å². The molecular weight excluding hydrogens is 538 g/mol.